The van der Waals surface area contributed by atoms with E-state index < -0.39 is 22.0 Å². The lowest BCUT2D eigenvalue weighted by molar-refractivity contribution is -0.121. The van der Waals surface area contributed by atoms with Crippen LogP contribution < -0.4 is 14.3 Å². The number of benzene rings is 2. The lowest BCUT2D eigenvalue weighted by Crippen LogP contribution is -2.40. The Hall–Kier alpha value is -2.73. The van der Waals surface area contributed by atoms with Gasteiger partial charge in [0.1, 0.15) is 6.04 Å². The molecule has 1 aliphatic rings. The molecule has 2 heterocycles. The Morgan fingerprint density at radius 3 is 2.46 bits per heavy atom. The highest BCUT2D eigenvalue weighted by Crippen LogP contribution is 2.33. The van der Waals surface area contributed by atoms with E-state index in [1.165, 1.54) is 15.6 Å². The predicted molar refractivity (Wildman–Crippen MR) is 133 cm³/mol. The molecule has 0 bridgehead atoms. The summed E-state index contributed by atoms with van der Waals surface area (Å²) in [6, 6.07) is 9.50. The number of amides is 1. The Kier molecular flexibility index (Phi) is 7.60. The first-order valence-corrected chi connectivity index (χ1v) is 13.5. The fraction of sp³-hybridized carbons (Fsp3) is 0.417. The molecule has 9 nitrogen and oxygen atoms in total. The van der Waals surface area contributed by atoms with E-state index in [4.69, 9.17) is 14.2 Å². The largest absolute Gasteiger partial charge is 0.493 e. The van der Waals surface area contributed by atoms with Crippen molar-refractivity contribution in [3.05, 3.63) is 46.8 Å². The maximum atomic E-state index is 13.3. The van der Waals surface area contributed by atoms with Crippen LogP contribution in [-0.2, 0) is 26.1 Å². The van der Waals surface area contributed by atoms with Crippen molar-refractivity contribution in [2.75, 3.05) is 34.5 Å². The molecule has 4 rings (SSSR count). The molecule has 2 aromatic carbocycles. The van der Waals surface area contributed by atoms with Gasteiger partial charge in [0.05, 0.1) is 35.9 Å². The molecule has 1 amide bonds. The highest BCUT2D eigenvalue weighted by molar-refractivity contribution is 7.89. The Morgan fingerprint density at radius 2 is 1.80 bits per heavy atom. The molecule has 1 aliphatic heterocycles. The molecule has 1 unspecified atom stereocenters. The molecule has 1 fully saturated rings. The molecule has 0 spiro atoms. The Morgan fingerprint density at radius 1 is 1.11 bits per heavy atom. The molecule has 1 saturated heterocycles. The van der Waals surface area contributed by atoms with Gasteiger partial charge in [-0.2, -0.15) is 9.30 Å². The Bertz CT molecular complexity index is 1390. The fourth-order valence-corrected chi connectivity index (χ4v) is 6.89. The van der Waals surface area contributed by atoms with Crippen LogP contribution >= 0.6 is 11.3 Å². The van der Waals surface area contributed by atoms with Crippen molar-refractivity contribution in [1.29, 1.82) is 0 Å². The van der Waals surface area contributed by atoms with Crippen molar-refractivity contribution in [1.82, 2.24) is 8.87 Å². The summed E-state index contributed by atoms with van der Waals surface area (Å²) in [7, 11) is 0.918. The summed E-state index contributed by atoms with van der Waals surface area (Å²) >= 11 is 1.33. The van der Waals surface area contributed by atoms with E-state index in [0.717, 1.165) is 15.8 Å². The SMILES string of the molecule is COCCn1c(=NC(=O)C2CCCN2S(=O)(=O)c2ccc(C)cc2)sc2cc(OC)c(OC)cc21. The van der Waals surface area contributed by atoms with Crippen LogP contribution in [0.5, 0.6) is 11.5 Å². The molecule has 1 aromatic heterocycles. The second-order valence-electron chi connectivity index (χ2n) is 8.24. The lowest BCUT2D eigenvalue weighted by Gasteiger charge is -2.21. The molecular weight excluding hydrogens is 490 g/mol. The van der Waals surface area contributed by atoms with Gasteiger partial charge >= 0.3 is 0 Å². The quantitative estimate of drug-likeness (QED) is 0.454. The molecule has 188 valence electrons. The van der Waals surface area contributed by atoms with Crippen molar-refractivity contribution < 1.29 is 27.4 Å². The van der Waals surface area contributed by atoms with Gasteiger partial charge in [0.15, 0.2) is 16.3 Å². The summed E-state index contributed by atoms with van der Waals surface area (Å²) in [5, 5.41) is 0. The maximum absolute atomic E-state index is 13.3. The number of aryl methyl sites for hydroxylation is 1. The minimum absolute atomic E-state index is 0.180. The van der Waals surface area contributed by atoms with Gasteiger partial charge in [0.2, 0.25) is 10.0 Å². The van der Waals surface area contributed by atoms with Gasteiger partial charge in [-0.15, -0.1) is 0 Å². The van der Waals surface area contributed by atoms with Gasteiger partial charge in [-0.05, 0) is 31.9 Å². The number of carbonyl (C=O) groups excluding carboxylic acids is 1. The average molecular weight is 520 g/mol. The van der Waals surface area contributed by atoms with Crippen LogP contribution in [0.3, 0.4) is 0 Å². The summed E-state index contributed by atoms with van der Waals surface area (Å²) in [6.07, 6.45) is 1.03. The Balaban J connectivity index is 1.75. The van der Waals surface area contributed by atoms with Crippen LogP contribution in [0.15, 0.2) is 46.3 Å². The topological polar surface area (TPSA) is 99.4 Å². The van der Waals surface area contributed by atoms with Crippen molar-refractivity contribution in [3.8, 4) is 11.5 Å². The number of fused-ring (bicyclic) bond motifs is 1. The van der Waals surface area contributed by atoms with Crippen molar-refractivity contribution >= 4 is 37.5 Å². The van der Waals surface area contributed by atoms with E-state index in [1.807, 2.05) is 23.6 Å². The molecule has 0 radical (unpaired) electrons. The molecular formula is C24H29N3O6S2. The zero-order valence-corrected chi connectivity index (χ0v) is 21.8. The summed E-state index contributed by atoms with van der Waals surface area (Å²) < 4.78 is 46.7. The highest BCUT2D eigenvalue weighted by Gasteiger charge is 2.39. The average Bonchev–Trinajstić information content (AvgIpc) is 3.47. The summed E-state index contributed by atoms with van der Waals surface area (Å²) in [5.41, 5.74) is 1.79. The normalized spacial score (nSPS) is 17.3. The standard InChI is InChI=1S/C24H29N3O6S2/c1-16-7-9-17(10-8-16)35(29,30)27-11-5-6-18(27)23(28)25-24-26(12-13-31-2)19-14-20(32-3)21(33-4)15-22(19)34-24/h7-10,14-15,18H,5-6,11-13H2,1-4H3. The van der Waals surface area contributed by atoms with Crippen LogP contribution in [0.25, 0.3) is 10.2 Å². The number of thiazole rings is 1. The Labute approximate surface area is 208 Å². The van der Waals surface area contributed by atoms with Gasteiger partial charge in [0.25, 0.3) is 5.91 Å². The van der Waals surface area contributed by atoms with Gasteiger partial charge < -0.3 is 18.8 Å². The minimum Gasteiger partial charge on any atom is -0.493 e. The zero-order valence-electron chi connectivity index (χ0n) is 20.2. The van der Waals surface area contributed by atoms with E-state index in [0.29, 0.717) is 42.3 Å². The number of ether oxygens (including phenoxy) is 3. The molecule has 3 aromatic rings. The van der Waals surface area contributed by atoms with Crippen molar-refractivity contribution in [3.63, 3.8) is 0 Å². The summed E-state index contributed by atoms with van der Waals surface area (Å²) in [6.45, 7) is 3.06. The van der Waals surface area contributed by atoms with Gasteiger partial charge in [-0.25, -0.2) is 8.42 Å². The third kappa shape index (κ3) is 4.99. The number of carbonyl (C=O) groups is 1. The van der Waals surface area contributed by atoms with E-state index in [-0.39, 0.29) is 11.4 Å². The van der Waals surface area contributed by atoms with Crippen molar-refractivity contribution in [2.24, 2.45) is 4.99 Å². The second-order valence-corrected chi connectivity index (χ2v) is 11.1. The van der Waals surface area contributed by atoms with Crippen LogP contribution in [-0.4, -0.2) is 63.7 Å². The highest BCUT2D eigenvalue weighted by atomic mass is 32.2. The second kappa shape index (κ2) is 10.5. The predicted octanol–water partition coefficient (Wildman–Crippen LogP) is 2.96. The smallest absolute Gasteiger partial charge is 0.266 e. The first kappa shape index (κ1) is 25.4. The van der Waals surface area contributed by atoms with Gasteiger partial charge in [-0.3, -0.25) is 4.79 Å². The van der Waals surface area contributed by atoms with Crippen LogP contribution in [0.1, 0.15) is 18.4 Å². The van der Waals surface area contributed by atoms with E-state index in [2.05, 4.69) is 4.99 Å². The van der Waals surface area contributed by atoms with Crippen molar-refractivity contribution in [2.45, 2.75) is 37.2 Å². The number of hydrogen-bond donors (Lipinski definition) is 0. The molecule has 0 aliphatic carbocycles. The summed E-state index contributed by atoms with van der Waals surface area (Å²) in [5.74, 6) is 0.659. The molecule has 0 N–H and O–H groups in total. The minimum atomic E-state index is -3.81. The number of hydrogen-bond acceptors (Lipinski definition) is 7. The van der Waals surface area contributed by atoms with Gasteiger partial charge in [0, 0.05) is 32.3 Å². The maximum Gasteiger partial charge on any atom is 0.266 e. The monoisotopic (exact) mass is 519 g/mol. The number of rotatable bonds is 8. The number of sulfonamides is 1. The van der Waals surface area contributed by atoms with Crippen LogP contribution in [0.2, 0.25) is 0 Å². The molecule has 11 heteroatoms. The first-order chi connectivity index (χ1) is 16.8. The number of methoxy groups -OCH3 is 3. The molecule has 0 saturated carbocycles. The summed E-state index contributed by atoms with van der Waals surface area (Å²) in [4.78, 5) is 18.4. The van der Waals surface area contributed by atoms with Crippen LogP contribution in [0, 0.1) is 6.92 Å². The number of aromatic nitrogens is 1. The van der Waals surface area contributed by atoms with E-state index >= 15 is 0 Å². The zero-order chi connectivity index (χ0) is 25.2. The fourth-order valence-electron chi connectivity index (χ4n) is 4.17. The molecule has 35 heavy (non-hydrogen) atoms. The van der Waals surface area contributed by atoms with E-state index in [9.17, 15) is 13.2 Å². The van der Waals surface area contributed by atoms with E-state index in [1.54, 1.807) is 45.6 Å². The van der Waals surface area contributed by atoms with Gasteiger partial charge in [-0.1, -0.05) is 29.0 Å². The first-order valence-electron chi connectivity index (χ1n) is 11.2. The lowest BCUT2D eigenvalue weighted by atomic mass is 10.2. The number of nitrogens with zero attached hydrogens (tertiary/aromatic N) is 3. The van der Waals surface area contributed by atoms with Crippen LogP contribution in [0.4, 0.5) is 0 Å². The molecule has 1 atom stereocenters. The third-order valence-corrected chi connectivity index (χ3v) is 8.99. The third-order valence-electron chi connectivity index (χ3n) is 6.03.